The molecule has 0 aromatic rings. The molecule has 0 amide bonds. The Morgan fingerprint density at radius 3 is 2.40 bits per heavy atom. The summed E-state index contributed by atoms with van der Waals surface area (Å²) in [5, 5.41) is 0. The maximum Gasteiger partial charge on any atom is -0.0230 e. The van der Waals surface area contributed by atoms with Crippen LogP contribution in [0.3, 0.4) is 0 Å². The van der Waals surface area contributed by atoms with Gasteiger partial charge in [-0.1, -0.05) is 37.1 Å². The normalized spacial score (nSPS) is 21.7. The van der Waals surface area contributed by atoms with Crippen LogP contribution >= 0.6 is 0 Å². The fourth-order valence-electron chi connectivity index (χ4n) is 1.48. The Hall–Kier alpha value is -0.520. The topological polar surface area (TPSA) is 0 Å². The van der Waals surface area contributed by atoms with Gasteiger partial charge < -0.3 is 0 Å². The van der Waals surface area contributed by atoms with Crippen molar-refractivity contribution >= 4 is 0 Å². The molecule has 0 aliphatic heterocycles. The van der Waals surface area contributed by atoms with Crippen molar-refractivity contribution in [3.05, 3.63) is 24.3 Å². The van der Waals surface area contributed by atoms with Crippen molar-refractivity contribution < 1.29 is 0 Å². The van der Waals surface area contributed by atoms with E-state index in [-0.39, 0.29) is 0 Å². The zero-order valence-electron chi connectivity index (χ0n) is 6.72. The van der Waals surface area contributed by atoms with E-state index >= 15 is 0 Å². The molecule has 1 fully saturated rings. The van der Waals surface area contributed by atoms with Crippen molar-refractivity contribution in [2.45, 2.75) is 32.6 Å². The van der Waals surface area contributed by atoms with Crippen molar-refractivity contribution in [1.82, 2.24) is 0 Å². The molecule has 56 valence electrons. The molecule has 0 saturated heterocycles. The van der Waals surface area contributed by atoms with Gasteiger partial charge in [0.15, 0.2) is 0 Å². The van der Waals surface area contributed by atoms with E-state index in [1.54, 1.807) is 0 Å². The van der Waals surface area contributed by atoms with Gasteiger partial charge in [-0.3, -0.25) is 0 Å². The molecule has 1 saturated carbocycles. The summed E-state index contributed by atoms with van der Waals surface area (Å²) in [5.41, 5.74) is 0. The smallest absolute Gasteiger partial charge is 0.0230 e. The van der Waals surface area contributed by atoms with Gasteiger partial charge >= 0.3 is 0 Å². The van der Waals surface area contributed by atoms with Gasteiger partial charge in [0, 0.05) is 0 Å². The molecule has 0 bridgehead atoms. The summed E-state index contributed by atoms with van der Waals surface area (Å²) >= 11 is 0. The maximum absolute atomic E-state index is 2.34. The first-order valence-electron chi connectivity index (χ1n) is 4.23. The van der Waals surface area contributed by atoms with Crippen LogP contribution in [-0.4, -0.2) is 0 Å². The number of hydrogen-bond acceptors (Lipinski definition) is 0. The molecule has 1 aliphatic carbocycles. The molecule has 0 aromatic carbocycles. The van der Waals surface area contributed by atoms with E-state index in [9.17, 15) is 0 Å². The highest BCUT2D eigenvalue weighted by Gasteiger charge is 2.10. The van der Waals surface area contributed by atoms with Gasteiger partial charge in [-0.05, 0) is 25.7 Å². The van der Waals surface area contributed by atoms with Crippen LogP contribution in [0, 0.1) is 5.92 Å². The summed E-state index contributed by atoms with van der Waals surface area (Å²) < 4.78 is 0. The average molecular weight is 136 g/mol. The third-order valence-corrected chi connectivity index (χ3v) is 2.09. The number of hydrogen-bond donors (Lipinski definition) is 0. The maximum atomic E-state index is 2.34. The lowest BCUT2D eigenvalue weighted by Crippen LogP contribution is -1.83. The summed E-state index contributed by atoms with van der Waals surface area (Å²) in [5.74, 6) is 0.885. The van der Waals surface area contributed by atoms with Gasteiger partial charge in [-0.25, -0.2) is 0 Å². The Morgan fingerprint density at radius 1 is 1.10 bits per heavy atom. The van der Waals surface area contributed by atoms with E-state index in [2.05, 4.69) is 31.2 Å². The molecule has 0 unspecified atom stereocenters. The van der Waals surface area contributed by atoms with Crippen LogP contribution in [0.25, 0.3) is 0 Å². The molecular weight excluding hydrogens is 120 g/mol. The fraction of sp³-hybridized carbons (Fsp3) is 0.600. The number of rotatable bonds is 2. The lowest BCUT2D eigenvalue weighted by atomic mass is 10.1. The van der Waals surface area contributed by atoms with Crippen molar-refractivity contribution in [2.24, 2.45) is 5.92 Å². The largest absolute Gasteiger partial charge is 0.0877 e. The van der Waals surface area contributed by atoms with Crippen LogP contribution in [0.2, 0.25) is 0 Å². The minimum atomic E-state index is 0.885. The monoisotopic (exact) mass is 136 g/mol. The van der Waals surface area contributed by atoms with Gasteiger partial charge in [0.2, 0.25) is 0 Å². The summed E-state index contributed by atoms with van der Waals surface area (Å²) in [7, 11) is 0. The van der Waals surface area contributed by atoms with E-state index < -0.39 is 0 Å². The van der Waals surface area contributed by atoms with Crippen LogP contribution in [0.15, 0.2) is 24.3 Å². The van der Waals surface area contributed by atoms with Crippen LogP contribution in [0.1, 0.15) is 32.6 Å². The highest BCUT2D eigenvalue weighted by molar-refractivity contribution is 5.03. The van der Waals surface area contributed by atoms with Gasteiger partial charge in [-0.15, -0.1) is 0 Å². The van der Waals surface area contributed by atoms with E-state index in [0.29, 0.717) is 0 Å². The van der Waals surface area contributed by atoms with Gasteiger partial charge in [0.1, 0.15) is 0 Å². The summed E-state index contributed by atoms with van der Waals surface area (Å²) in [6.07, 6.45) is 14.4. The van der Waals surface area contributed by atoms with Crippen molar-refractivity contribution in [3.8, 4) is 0 Å². The Morgan fingerprint density at radius 2 is 1.80 bits per heavy atom. The lowest BCUT2D eigenvalue weighted by Gasteiger charge is -1.97. The Bertz CT molecular complexity index is 125. The first-order chi connectivity index (χ1) is 4.93. The average Bonchev–Trinajstić information content (AvgIpc) is 2.41. The molecule has 0 N–H and O–H groups in total. The molecule has 0 aromatic heterocycles. The zero-order chi connectivity index (χ0) is 7.23. The third kappa shape index (κ3) is 2.38. The summed E-state index contributed by atoms with van der Waals surface area (Å²) in [6.45, 7) is 2.05. The van der Waals surface area contributed by atoms with Crippen LogP contribution in [-0.2, 0) is 0 Å². The Balaban J connectivity index is 2.22. The van der Waals surface area contributed by atoms with Gasteiger partial charge in [-0.2, -0.15) is 0 Å². The van der Waals surface area contributed by atoms with Crippen molar-refractivity contribution in [2.75, 3.05) is 0 Å². The molecule has 0 atom stereocenters. The van der Waals surface area contributed by atoms with Crippen LogP contribution in [0.5, 0.6) is 0 Å². The van der Waals surface area contributed by atoms with Gasteiger partial charge in [0.25, 0.3) is 0 Å². The van der Waals surface area contributed by atoms with Crippen LogP contribution in [0.4, 0.5) is 0 Å². The Labute approximate surface area is 63.6 Å². The highest BCUT2D eigenvalue weighted by Crippen LogP contribution is 2.25. The molecule has 0 heteroatoms. The summed E-state index contributed by atoms with van der Waals surface area (Å²) in [6, 6.07) is 0. The van der Waals surface area contributed by atoms with E-state index in [4.69, 9.17) is 0 Å². The van der Waals surface area contributed by atoms with E-state index in [1.165, 1.54) is 25.7 Å². The molecule has 1 rings (SSSR count). The van der Waals surface area contributed by atoms with Crippen molar-refractivity contribution in [1.29, 1.82) is 0 Å². The Kier molecular flexibility index (Phi) is 3.28. The molecule has 0 radical (unpaired) electrons. The molecular formula is C10H16. The van der Waals surface area contributed by atoms with Crippen molar-refractivity contribution in [3.63, 3.8) is 0 Å². The molecule has 0 spiro atoms. The predicted molar refractivity (Wildman–Crippen MR) is 45.9 cm³/mol. The second-order valence-electron chi connectivity index (χ2n) is 2.96. The van der Waals surface area contributed by atoms with E-state index in [1.807, 2.05) is 0 Å². The lowest BCUT2D eigenvalue weighted by molar-refractivity contribution is 0.686. The molecule has 1 aliphatic rings. The van der Waals surface area contributed by atoms with Gasteiger partial charge in [0.05, 0.1) is 0 Å². The van der Waals surface area contributed by atoms with E-state index in [0.717, 1.165) is 5.92 Å². The minimum absolute atomic E-state index is 0.885. The minimum Gasteiger partial charge on any atom is -0.0877 e. The first-order valence-corrected chi connectivity index (χ1v) is 4.23. The second-order valence-corrected chi connectivity index (χ2v) is 2.96. The SMILES string of the molecule is CC=CC=CC1CCCC1. The van der Waals surface area contributed by atoms with Crippen LogP contribution < -0.4 is 0 Å². The summed E-state index contributed by atoms with van der Waals surface area (Å²) in [4.78, 5) is 0. The third-order valence-electron chi connectivity index (χ3n) is 2.09. The molecule has 0 heterocycles. The zero-order valence-corrected chi connectivity index (χ0v) is 6.72. The fourth-order valence-corrected chi connectivity index (χ4v) is 1.48. The number of allylic oxidation sites excluding steroid dienone is 4. The predicted octanol–water partition coefficient (Wildman–Crippen LogP) is 3.31. The highest BCUT2D eigenvalue weighted by atomic mass is 14.2. The quantitative estimate of drug-likeness (QED) is 0.511. The first kappa shape index (κ1) is 7.59. The second kappa shape index (κ2) is 4.32. The molecule has 0 nitrogen and oxygen atoms in total. The molecule has 10 heavy (non-hydrogen) atoms. The standard InChI is InChI=1S/C10H16/c1-2-3-4-7-10-8-5-6-9-10/h2-4,7,10H,5-6,8-9H2,1H3.